The summed E-state index contributed by atoms with van der Waals surface area (Å²) in [6.45, 7) is 0. The highest BCUT2D eigenvalue weighted by Crippen LogP contribution is 2.18. The Morgan fingerprint density at radius 2 is 2.06 bits per heavy atom. The molecule has 2 aromatic heterocycles. The first kappa shape index (κ1) is 10.5. The lowest BCUT2D eigenvalue weighted by molar-refractivity contribution is 0.1000. The Balaban J connectivity index is 2.34. The van der Waals surface area contributed by atoms with Gasteiger partial charge in [0.1, 0.15) is 0 Å². The summed E-state index contributed by atoms with van der Waals surface area (Å²) in [6.07, 6.45) is 3.35. The fourth-order valence-corrected chi connectivity index (χ4v) is 1.86. The van der Waals surface area contributed by atoms with Crippen LogP contribution in [0.3, 0.4) is 0 Å². The van der Waals surface area contributed by atoms with E-state index in [9.17, 15) is 4.79 Å². The lowest BCUT2D eigenvalue weighted by Crippen LogP contribution is -2.16. The predicted octanol–water partition coefficient (Wildman–Crippen LogP) is 1.52. The molecule has 0 aliphatic rings. The van der Waals surface area contributed by atoms with Crippen molar-refractivity contribution in [3.05, 3.63) is 54.4 Å². The number of hydrogen-bond donors (Lipinski definition) is 1. The van der Waals surface area contributed by atoms with Gasteiger partial charge < -0.3 is 5.73 Å². The van der Waals surface area contributed by atoms with E-state index in [1.54, 1.807) is 24.5 Å². The second-order valence-corrected chi connectivity index (χ2v) is 3.87. The number of amides is 1. The van der Waals surface area contributed by atoms with Crippen molar-refractivity contribution in [3.8, 4) is 5.82 Å². The molecule has 2 N–H and O–H groups in total. The first-order valence-electron chi connectivity index (χ1n) is 5.45. The maximum atomic E-state index is 11.5. The van der Waals surface area contributed by atoms with Gasteiger partial charge in [0, 0.05) is 17.8 Å². The Morgan fingerprint density at radius 1 is 1.22 bits per heavy atom. The number of nitrogens with two attached hydrogens (primary N) is 1. The largest absolute Gasteiger partial charge is 0.365 e. The van der Waals surface area contributed by atoms with Crippen molar-refractivity contribution in [2.45, 2.75) is 0 Å². The number of rotatable bonds is 2. The molecule has 0 aliphatic carbocycles. The number of primary amides is 1. The number of benzene rings is 1. The van der Waals surface area contributed by atoms with Crippen LogP contribution in [-0.4, -0.2) is 20.7 Å². The normalized spacial score (nSPS) is 10.7. The molecule has 0 spiro atoms. The van der Waals surface area contributed by atoms with Gasteiger partial charge in [-0.1, -0.05) is 18.2 Å². The predicted molar refractivity (Wildman–Crippen MR) is 67.4 cm³/mol. The van der Waals surface area contributed by atoms with Crippen LogP contribution >= 0.6 is 0 Å². The van der Waals surface area contributed by atoms with E-state index in [4.69, 9.17) is 5.73 Å². The fourth-order valence-electron chi connectivity index (χ4n) is 1.86. The Labute approximate surface area is 103 Å². The fraction of sp³-hybridized carbons (Fsp3) is 0. The van der Waals surface area contributed by atoms with Crippen LogP contribution in [0, 0.1) is 0 Å². The lowest BCUT2D eigenvalue weighted by Gasteiger charge is -2.07. The van der Waals surface area contributed by atoms with Gasteiger partial charge in [0.15, 0.2) is 5.82 Å². The van der Waals surface area contributed by atoms with Gasteiger partial charge in [-0.15, -0.1) is 0 Å². The van der Waals surface area contributed by atoms with Gasteiger partial charge >= 0.3 is 0 Å². The quantitative estimate of drug-likeness (QED) is 0.735. The standard InChI is InChI=1S/C13H10N4O/c14-12(18)10-8-9-4-1-2-5-11(9)16-13(10)17-7-3-6-15-17/h1-8H,(H2,14,18). The van der Waals surface area contributed by atoms with Crippen molar-refractivity contribution >= 4 is 16.8 Å². The summed E-state index contributed by atoms with van der Waals surface area (Å²) in [6, 6.07) is 11.1. The summed E-state index contributed by atoms with van der Waals surface area (Å²) < 4.78 is 1.53. The average Bonchev–Trinajstić information content (AvgIpc) is 2.91. The highest BCUT2D eigenvalue weighted by Gasteiger charge is 2.13. The number of para-hydroxylation sites is 1. The van der Waals surface area contributed by atoms with Crippen molar-refractivity contribution < 1.29 is 4.79 Å². The van der Waals surface area contributed by atoms with E-state index in [0.717, 1.165) is 10.9 Å². The van der Waals surface area contributed by atoms with E-state index in [-0.39, 0.29) is 0 Å². The zero-order chi connectivity index (χ0) is 12.5. The molecule has 0 saturated heterocycles. The monoisotopic (exact) mass is 238 g/mol. The van der Waals surface area contributed by atoms with Crippen molar-refractivity contribution in [1.29, 1.82) is 0 Å². The number of pyridine rings is 1. The van der Waals surface area contributed by atoms with Crippen LogP contribution in [0.25, 0.3) is 16.7 Å². The topological polar surface area (TPSA) is 73.8 Å². The molecule has 5 nitrogen and oxygen atoms in total. The molecule has 0 bridgehead atoms. The minimum atomic E-state index is -0.515. The number of nitrogens with zero attached hydrogens (tertiary/aromatic N) is 3. The number of hydrogen-bond acceptors (Lipinski definition) is 3. The third kappa shape index (κ3) is 1.62. The van der Waals surface area contributed by atoms with Crippen LogP contribution in [0.4, 0.5) is 0 Å². The van der Waals surface area contributed by atoms with Crippen LogP contribution in [0.1, 0.15) is 10.4 Å². The summed E-state index contributed by atoms with van der Waals surface area (Å²) in [7, 11) is 0. The summed E-state index contributed by atoms with van der Waals surface area (Å²) in [4.78, 5) is 15.9. The SMILES string of the molecule is NC(=O)c1cc2ccccc2nc1-n1cccn1. The second-order valence-electron chi connectivity index (χ2n) is 3.87. The molecule has 0 aliphatic heterocycles. The first-order valence-corrected chi connectivity index (χ1v) is 5.45. The molecule has 1 aromatic carbocycles. The molecule has 0 atom stereocenters. The maximum Gasteiger partial charge on any atom is 0.252 e. The molecule has 3 aromatic rings. The molecule has 0 unspecified atom stereocenters. The maximum absolute atomic E-state index is 11.5. The van der Waals surface area contributed by atoms with Gasteiger partial charge in [0.05, 0.1) is 11.1 Å². The van der Waals surface area contributed by atoms with E-state index in [0.29, 0.717) is 11.4 Å². The molecular weight excluding hydrogens is 228 g/mol. The summed E-state index contributed by atoms with van der Waals surface area (Å²) in [5, 5.41) is 4.96. The third-order valence-electron chi connectivity index (χ3n) is 2.69. The van der Waals surface area contributed by atoms with Gasteiger partial charge in [0.25, 0.3) is 5.91 Å². The van der Waals surface area contributed by atoms with Gasteiger partial charge in [0.2, 0.25) is 0 Å². The highest BCUT2D eigenvalue weighted by atomic mass is 16.1. The highest BCUT2D eigenvalue weighted by molar-refractivity contribution is 5.99. The summed E-state index contributed by atoms with van der Waals surface area (Å²) in [5.41, 5.74) is 6.55. The lowest BCUT2D eigenvalue weighted by atomic mass is 10.1. The number of carbonyl (C=O) groups is 1. The van der Waals surface area contributed by atoms with Crippen molar-refractivity contribution in [3.63, 3.8) is 0 Å². The Bertz CT molecular complexity index is 719. The molecule has 0 fully saturated rings. The van der Waals surface area contributed by atoms with E-state index < -0.39 is 5.91 Å². The summed E-state index contributed by atoms with van der Waals surface area (Å²) in [5.74, 6) is -0.0649. The van der Waals surface area contributed by atoms with Gasteiger partial charge in [-0.25, -0.2) is 9.67 Å². The zero-order valence-corrected chi connectivity index (χ0v) is 9.45. The zero-order valence-electron chi connectivity index (χ0n) is 9.45. The minimum absolute atomic E-state index is 0.359. The molecule has 5 heteroatoms. The average molecular weight is 238 g/mol. The molecule has 3 rings (SSSR count). The van der Waals surface area contributed by atoms with Crippen molar-refractivity contribution in [2.24, 2.45) is 5.73 Å². The number of carbonyl (C=O) groups excluding carboxylic acids is 1. The Hall–Kier alpha value is -2.69. The third-order valence-corrected chi connectivity index (χ3v) is 2.69. The van der Waals surface area contributed by atoms with E-state index in [1.165, 1.54) is 4.68 Å². The van der Waals surface area contributed by atoms with Crippen molar-refractivity contribution in [1.82, 2.24) is 14.8 Å². The van der Waals surface area contributed by atoms with E-state index >= 15 is 0 Å². The molecule has 1 amide bonds. The van der Waals surface area contributed by atoms with Crippen LogP contribution in [0.15, 0.2) is 48.8 Å². The van der Waals surface area contributed by atoms with Crippen LogP contribution in [0.2, 0.25) is 0 Å². The van der Waals surface area contributed by atoms with Gasteiger partial charge in [-0.3, -0.25) is 4.79 Å². The Kier molecular flexibility index (Phi) is 2.30. The van der Waals surface area contributed by atoms with Crippen LogP contribution in [-0.2, 0) is 0 Å². The van der Waals surface area contributed by atoms with Crippen LogP contribution < -0.4 is 5.73 Å². The molecular formula is C13H10N4O. The number of aromatic nitrogens is 3. The molecule has 2 heterocycles. The molecule has 18 heavy (non-hydrogen) atoms. The van der Waals surface area contributed by atoms with Crippen LogP contribution in [0.5, 0.6) is 0 Å². The molecule has 0 radical (unpaired) electrons. The van der Waals surface area contributed by atoms with Crippen molar-refractivity contribution in [2.75, 3.05) is 0 Å². The molecule has 0 saturated carbocycles. The summed E-state index contributed by atoms with van der Waals surface area (Å²) >= 11 is 0. The Morgan fingerprint density at radius 3 is 2.78 bits per heavy atom. The second kappa shape index (κ2) is 3.96. The van der Waals surface area contributed by atoms with Gasteiger partial charge in [-0.05, 0) is 18.2 Å². The molecule has 88 valence electrons. The minimum Gasteiger partial charge on any atom is -0.365 e. The smallest absolute Gasteiger partial charge is 0.252 e. The first-order chi connectivity index (χ1) is 8.75. The number of fused-ring (bicyclic) bond motifs is 1. The van der Waals surface area contributed by atoms with Gasteiger partial charge in [-0.2, -0.15) is 5.10 Å². The van der Waals surface area contributed by atoms with E-state index in [2.05, 4.69) is 10.1 Å². The van der Waals surface area contributed by atoms with E-state index in [1.807, 2.05) is 24.3 Å².